The number of aromatic nitrogens is 1. The topological polar surface area (TPSA) is 62.3 Å². The number of nitrogens with one attached hydrogen (secondary N) is 1. The Morgan fingerprint density at radius 2 is 1.91 bits per heavy atom. The average molecular weight is 337 g/mol. The van der Waals surface area contributed by atoms with Crippen LogP contribution in [0.2, 0.25) is 0 Å². The van der Waals surface area contributed by atoms with Gasteiger partial charge in [-0.25, -0.2) is 13.4 Å². The van der Waals surface area contributed by atoms with Gasteiger partial charge in [0.15, 0.2) is 0 Å². The number of hydrogen-bond acceptors (Lipinski definition) is 5. The van der Waals surface area contributed by atoms with Gasteiger partial charge in [-0.15, -0.1) is 11.3 Å². The Kier molecular flexibility index (Phi) is 4.35. The molecule has 7 heteroatoms. The maximum atomic E-state index is 12.3. The largest absolute Gasteiger partial charge is 0.370 e. The van der Waals surface area contributed by atoms with Crippen molar-refractivity contribution < 1.29 is 8.42 Å². The molecule has 2 aromatic rings. The van der Waals surface area contributed by atoms with E-state index in [9.17, 15) is 8.42 Å². The first kappa shape index (κ1) is 15.3. The normalized spacial score (nSPS) is 15.8. The third kappa shape index (κ3) is 3.41. The molecule has 0 aliphatic carbocycles. The second-order valence-electron chi connectivity index (χ2n) is 5.42. The summed E-state index contributed by atoms with van der Waals surface area (Å²) >= 11 is 1.25. The van der Waals surface area contributed by atoms with E-state index in [1.807, 2.05) is 13.0 Å². The number of anilines is 2. The molecule has 5 nitrogen and oxygen atoms in total. The predicted octanol–water partition coefficient (Wildman–Crippen LogP) is 3.24. The molecule has 0 unspecified atom stereocenters. The summed E-state index contributed by atoms with van der Waals surface area (Å²) in [5.74, 6) is 0.354. The Morgan fingerprint density at radius 1 is 1.14 bits per heavy atom. The second-order valence-corrected chi connectivity index (χ2v) is 8.62. The quantitative estimate of drug-likeness (QED) is 0.930. The van der Waals surface area contributed by atoms with Crippen LogP contribution in [0.4, 0.5) is 11.5 Å². The first-order valence-electron chi connectivity index (χ1n) is 7.35. The van der Waals surface area contributed by atoms with Crippen molar-refractivity contribution in [1.29, 1.82) is 0 Å². The van der Waals surface area contributed by atoms with Crippen molar-refractivity contribution in [1.82, 2.24) is 4.98 Å². The maximum Gasteiger partial charge on any atom is 0.272 e. The van der Waals surface area contributed by atoms with Gasteiger partial charge in [0.05, 0.1) is 11.9 Å². The fraction of sp³-hybridized carbons (Fsp3) is 0.400. The van der Waals surface area contributed by atoms with Crippen LogP contribution in [0, 0.1) is 6.92 Å². The van der Waals surface area contributed by atoms with E-state index in [-0.39, 0.29) is 0 Å². The standard InChI is InChI=1S/C15H19N3O2S2/c1-12-5-8-15(21-12)22(19,20)17-14-7-6-13(11-16-14)18-9-3-2-4-10-18/h5-8,11H,2-4,9-10H2,1H3,(H,16,17). The third-order valence-electron chi connectivity index (χ3n) is 3.69. The van der Waals surface area contributed by atoms with Crippen molar-refractivity contribution >= 4 is 32.9 Å². The lowest BCUT2D eigenvalue weighted by Crippen LogP contribution is -2.29. The SMILES string of the molecule is Cc1ccc(S(=O)(=O)Nc2ccc(N3CCCCC3)cn2)s1. The minimum atomic E-state index is -3.54. The molecule has 0 aromatic carbocycles. The number of aryl methyl sites for hydroxylation is 1. The molecule has 0 saturated carbocycles. The summed E-state index contributed by atoms with van der Waals surface area (Å²) in [5.41, 5.74) is 1.05. The van der Waals surface area contributed by atoms with Gasteiger partial charge in [0, 0.05) is 18.0 Å². The summed E-state index contributed by atoms with van der Waals surface area (Å²) in [6.45, 7) is 3.97. The van der Waals surface area contributed by atoms with E-state index < -0.39 is 10.0 Å². The van der Waals surface area contributed by atoms with E-state index in [0.29, 0.717) is 10.0 Å². The predicted molar refractivity (Wildman–Crippen MR) is 90.2 cm³/mol. The van der Waals surface area contributed by atoms with Gasteiger partial charge in [-0.2, -0.15) is 0 Å². The van der Waals surface area contributed by atoms with Gasteiger partial charge < -0.3 is 4.90 Å². The van der Waals surface area contributed by atoms with Gasteiger partial charge in [-0.3, -0.25) is 4.72 Å². The average Bonchev–Trinajstić information content (AvgIpc) is 2.96. The Balaban J connectivity index is 1.73. The van der Waals surface area contributed by atoms with Crippen LogP contribution >= 0.6 is 11.3 Å². The van der Waals surface area contributed by atoms with E-state index >= 15 is 0 Å². The number of hydrogen-bond donors (Lipinski definition) is 1. The zero-order valence-corrected chi connectivity index (χ0v) is 14.1. The molecule has 1 N–H and O–H groups in total. The molecule has 3 rings (SSSR count). The van der Waals surface area contributed by atoms with E-state index in [4.69, 9.17) is 0 Å². The summed E-state index contributed by atoms with van der Waals surface area (Å²) in [6, 6.07) is 7.06. The molecule has 1 saturated heterocycles. The highest BCUT2D eigenvalue weighted by Crippen LogP contribution is 2.24. The summed E-state index contributed by atoms with van der Waals surface area (Å²) in [7, 11) is -3.54. The van der Waals surface area contributed by atoms with Crippen molar-refractivity contribution in [3.05, 3.63) is 35.3 Å². The highest BCUT2D eigenvalue weighted by molar-refractivity contribution is 7.94. The minimum Gasteiger partial charge on any atom is -0.370 e. The van der Waals surface area contributed by atoms with Crippen molar-refractivity contribution in [3.63, 3.8) is 0 Å². The highest BCUT2D eigenvalue weighted by Gasteiger charge is 2.17. The van der Waals surface area contributed by atoms with E-state index in [2.05, 4.69) is 14.6 Å². The Morgan fingerprint density at radius 3 is 2.50 bits per heavy atom. The Bertz CT molecular complexity index is 732. The number of rotatable bonds is 4. The molecule has 2 aromatic heterocycles. The lowest BCUT2D eigenvalue weighted by molar-refractivity contribution is 0.577. The third-order valence-corrected chi connectivity index (χ3v) is 6.54. The Hall–Kier alpha value is -1.60. The Labute approximate surface area is 135 Å². The maximum absolute atomic E-state index is 12.3. The molecule has 0 bridgehead atoms. The summed E-state index contributed by atoms with van der Waals surface area (Å²) in [6.07, 6.45) is 5.42. The molecule has 0 spiro atoms. The molecule has 0 amide bonds. The van der Waals surface area contributed by atoms with Crippen LogP contribution in [0.25, 0.3) is 0 Å². The summed E-state index contributed by atoms with van der Waals surface area (Å²) < 4.78 is 27.3. The van der Waals surface area contributed by atoms with E-state index in [0.717, 1.165) is 23.7 Å². The first-order chi connectivity index (χ1) is 10.5. The molecule has 1 aliphatic heterocycles. The smallest absolute Gasteiger partial charge is 0.272 e. The van der Waals surface area contributed by atoms with Crippen LogP contribution in [-0.2, 0) is 10.0 Å². The van der Waals surface area contributed by atoms with Crippen molar-refractivity contribution in [2.24, 2.45) is 0 Å². The number of pyridine rings is 1. The van der Waals surface area contributed by atoms with Gasteiger partial charge in [0.2, 0.25) is 0 Å². The molecule has 0 atom stereocenters. The van der Waals surface area contributed by atoms with Gasteiger partial charge in [-0.05, 0) is 50.5 Å². The van der Waals surface area contributed by atoms with Gasteiger partial charge in [0.25, 0.3) is 10.0 Å². The number of thiophene rings is 1. The van der Waals surface area contributed by atoms with Crippen LogP contribution in [0.5, 0.6) is 0 Å². The molecule has 1 aliphatic rings. The van der Waals surface area contributed by atoms with Gasteiger partial charge >= 0.3 is 0 Å². The molecule has 3 heterocycles. The molecule has 0 radical (unpaired) electrons. The first-order valence-corrected chi connectivity index (χ1v) is 9.65. The van der Waals surface area contributed by atoms with E-state index in [1.54, 1.807) is 24.4 Å². The van der Waals surface area contributed by atoms with Crippen LogP contribution in [0.15, 0.2) is 34.7 Å². The molecule has 1 fully saturated rings. The van der Waals surface area contributed by atoms with Gasteiger partial charge in [0.1, 0.15) is 10.0 Å². The van der Waals surface area contributed by atoms with Crippen LogP contribution in [0.1, 0.15) is 24.1 Å². The van der Waals surface area contributed by atoms with E-state index in [1.165, 1.54) is 30.6 Å². The molecule has 118 valence electrons. The van der Waals surface area contributed by atoms with Crippen molar-refractivity contribution in [2.45, 2.75) is 30.4 Å². The monoisotopic (exact) mass is 337 g/mol. The lowest BCUT2D eigenvalue weighted by Gasteiger charge is -2.28. The number of sulfonamides is 1. The number of piperidine rings is 1. The second kappa shape index (κ2) is 6.26. The van der Waals surface area contributed by atoms with Crippen LogP contribution in [-0.4, -0.2) is 26.5 Å². The van der Waals surface area contributed by atoms with Crippen molar-refractivity contribution in [3.8, 4) is 0 Å². The lowest BCUT2D eigenvalue weighted by atomic mass is 10.1. The highest BCUT2D eigenvalue weighted by atomic mass is 32.2. The van der Waals surface area contributed by atoms with Crippen LogP contribution in [0.3, 0.4) is 0 Å². The zero-order valence-electron chi connectivity index (χ0n) is 12.4. The zero-order chi connectivity index (χ0) is 15.6. The number of nitrogens with zero attached hydrogens (tertiary/aromatic N) is 2. The van der Waals surface area contributed by atoms with Crippen molar-refractivity contribution in [2.75, 3.05) is 22.7 Å². The molecular formula is C15H19N3O2S2. The minimum absolute atomic E-state index is 0.312. The van der Waals surface area contributed by atoms with Crippen LogP contribution < -0.4 is 9.62 Å². The fourth-order valence-corrected chi connectivity index (χ4v) is 4.82. The summed E-state index contributed by atoms with van der Waals surface area (Å²) in [4.78, 5) is 7.50. The molecular weight excluding hydrogens is 318 g/mol. The summed E-state index contributed by atoms with van der Waals surface area (Å²) in [5, 5.41) is 0. The fourth-order valence-electron chi connectivity index (χ4n) is 2.53. The van der Waals surface area contributed by atoms with Gasteiger partial charge in [-0.1, -0.05) is 0 Å². The molecule has 22 heavy (non-hydrogen) atoms.